The topological polar surface area (TPSA) is 624 Å². The van der Waals surface area contributed by atoms with Gasteiger partial charge in [-0.3, -0.25) is 9.09 Å². The van der Waals surface area contributed by atoms with Crippen molar-refractivity contribution in [3.63, 3.8) is 0 Å². The van der Waals surface area contributed by atoms with Crippen LogP contribution < -0.4 is 4.89 Å². The highest BCUT2D eigenvalue weighted by Crippen LogP contribution is 2.45. The van der Waals surface area contributed by atoms with Crippen molar-refractivity contribution in [3.8, 4) is 0 Å². The molecule has 7 fully saturated rings. The minimum atomic E-state index is -5.97. The summed E-state index contributed by atoms with van der Waals surface area (Å²) in [6.45, 7) is -7.56. The van der Waals surface area contributed by atoms with Crippen molar-refractivity contribution < 1.29 is 192 Å². The monoisotopic (exact) mass is 1250 g/mol. The van der Waals surface area contributed by atoms with Gasteiger partial charge in [0.05, 0.1) is 46.2 Å². The molecule has 0 bridgehead atoms. The van der Waals surface area contributed by atoms with E-state index in [1.807, 2.05) is 0 Å². The van der Waals surface area contributed by atoms with Crippen molar-refractivity contribution in [3.05, 3.63) is 0 Å². The van der Waals surface area contributed by atoms with Crippen molar-refractivity contribution in [1.29, 1.82) is 0 Å². The molecule has 0 spiro atoms. The molecule has 39 nitrogen and oxygen atoms in total. The summed E-state index contributed by atoms with van der Waals surface area (Å²) in [5.41, 5.74) is 0. The maximum absolute atomic E-state index is 13.5. The zero-order valence-corrected chi connectivity index (χ0v) is 44.3. The normalized spacial score (nSPS) is 51.8. The number of phosphoric ester groups is 1. The number of aliphatic hydroxyl groups excluding tert-OH is 22. The molecule has 1 unspecified atom stereocenters. The molecular weight excluding hydrogens is 1170 g/mol. The number of hydrogen-bond donors (Lipinski definition) is 22. The third-order valence-corrected chi connectivity index (χ3v) is 15.9. The fourth-order valence-corrected chi connectivity index (χ4v) is 11.0. The molecule has 0 saturated carbocycles. The summed E-state index contributed by atoms with van der Waals surface area (Å²) in [5.74, 6) is 0. The molecule has 7 heterocycles. The van der Waals surface area contributed by atoms with E-state index in [0.29, 0.717) is 0 Å². The summed E-state index contributed by atoms with van der Waals surface area (Å²) < 4.78 is 94.6. The summed E-state index contributed by atoms with van der Waals surface area (Å²) in [5, 5.41) is 234. The highest BCUT2D eigenvalue weighted by molar-refractivity contribution is 7.45. The molecular formula is C43H74O39P-. The molecule has 0 aliphatic carbocycles. The molecule has 7 rings (SSSR count). The van der Waals surface area contributed by atoms with Crippen molar-refractivity contribution in [2.45, 2.75) is 215 Å². The summed E-state index contributed by atoms with van der Waals surface area (Å²) >= 11 is 0. The van der Waals surface area contributed by atoms with Crippen LogP contribution in [0.15, 0.2) is 0 Å². The molecule has 7 aliphatic rings. The van der Waals surface area contributed by atoms with Crippen molar-refractivity contribution in [1.82, 2.24) is 0 Å². The van der Waals surface area contributed by atoms with E-state index in [1.165, 1.54) is 0 Å². The number of hydrogen-bond acceptors (Lipinski definition) is 39. The van der Waals surface area contributed by atoms with Crippen LogP contribution in [-0.2, 0) is 75.2 Å². The first kappa shape index (κ1) is 69.2. The Morgan fingerprint density at radius 1 is 0.313 bits per heavy atom. The first-order valence-electron chi connectivity index (χ1n) is 25.8. The molecule has 0 radical (unpaired) electrons. The SMILES string of the molecule is CO[C@H]1O[C@H](CO)[C@@H](O[C@@H]2O[C@H](COP(=O)([O-])O[C@H]3O[C@H](CO)[C@@H](O[C@@H]4O[C@H](CO)[C@H](O)[C@H](O)[C@H]4O)[C@H](O)[C@@H]3O)[C@H](O)[C@H](O[C@@H]3O[C@H](CO)[C@H](O)[C@H](O[C@@H]4O[C@H](CO)[C@H](O)[C@H](O[C@@H]5O[C@H](CO)[C@H](O)[C@H](O)[C@H]5O)[C@H]4O)[C@H]3O)[C@H]2O)[C@H](O)[C@@H]1O. The van der Waals surface area contributed by atoms with Crippen LogP contribution in [0.5, 0.6) is 0 Å². The van der Waals surface area contributed by atoms with Gasteiger partial charge in [0.15, 0.2) is 44.0 Å². The number of rotatable bonds is 22. The van der Waals surface area contributed by atoms with Crippen LogP contribution in [0.25, 0.3) is 0 Å². The fourth-order valence-electron chi connectivity index (χ4n) is 10.1. The highest BCUT2D eigenvalue weighted by Gasteiger charge is 2.58. The van der Waals surface area contributed by atoms with Crippen LogP contribution in [0.4, 0.5) is 0 Å². The smallest absolute Gasteiger partial charge is 0.270 e. The van der Waals surface area contributed by atoms with Gasteiger partial charge in [-0.1, -0.05) is 0 Å². The van der Waals surface area contributed by atoms with E-state index >= 15 is 0 Å². The lowest BCUT2D eigenvalue weighted by Crippen LogP contribution is -2.68. The van der Waals surface area contributed by atoms with E-state index in [9.17, 15) is 122 Å². The Kier molecular flexibility index (Phi) is 24.6. The standard InChI is InChI=1S/C43H75O39P/c1-68-37-27(61)23(57)32(13(6-48)74-37)78-42-31(65)36(20(54)15(76-42)8-69-83(66,67)82-43-28(62)24(58)33(14(7-49)75-43)77-38-25(59)21(55)16(50)9(2-44)70-38)81-41-30(64)35(19(53)12(5-47)73-41)80-40-29(63)34(18(52)11(4-46)72-40)79-39-26(60)22(56)17(51)10(3-45)71-39/h9-65H,2-8H2,1H3,(H,66,67)/p-1/t9-,10-,11-,12-,13-,14-,15-,16+,17+,18+,19+,20+,21+,22+,23-,24-,25-,26-,27+,28+,29-,30-,31-,32-,33-,34+,35+,36+,37+,38+,39+,40+,41+,42+,43-/m1/s1. The number of phosphoric acid groups is 1. The van der Waals surface area contributed by atoms with Crippen molar-refractivity contribution >= 4 is 7.82 Å². The Balaban J connectivity index is 1.09. The highest BCUT2D eigenvalue weighted by atomic mass is 31.2. The van der Waals surface area contributed by atoms with E-state index < -0.39 is 269 Å². The second-order valence-electron chi connectivity index (χ2n) is 20.3. The first-order valence-corrected chi connectivity index (χ1v) is 27.2. The van der Waals surface area contributed by atoms with Gasteiger partial charge < -0.3 is 183 Å². The van der Waals surface area contributed by atoms with Gasteiger partial charge >= 0.3 is 0 Å². The van der Waals surface area contributed by atoms with Gasteiger partial charge in [-0.15, -0.1) is 0 Å². The zero-order valence-electron chi connectivity index (χ0n) is 43.4. The lowest BCUT2D eigenvalue weighted by Gasteiger charge is -2.50. The van der Waals surface area contributed by atoms with E-state index in [1.54, 1.807) is 0 Å². The largest absolute Gasteiger partial charge is 0.756 e. The van der Waals surface area contributed by atoms with E-state index in [-0.39, 0.29) is 0 Å². The van der Waals surface area contributed by atoms with Gasteiger partial charge in [-0.05, 0) is 0 Å². The van der Waals surface area contributed by atoms with Crippen molar-refractivity contribution in [2.24, 2.45) is 0 Å². The van der Waals surface area contributed by atoms with Crippen LogP contribution in [0, 0.1) is 0 Å². The van der Waals surface area contributed by atoms with Gasteiger partial charge in [0, 0.05) is 7.11 Å². The van der Waals surface area contributed by atoms with Crippen LogP contribution in [0.1, 0.15) is 0 Å². The number of ether oxygens (including phenoxy) is 13. The molecule has 36 atom stereocenters. The Morgan fingerprint density at radius 2 is 0.578 bits per heavy atom. The Morgan fingerprint density at radius 3 is 0.928 bits per heavy atom. The van der Waals surface area contributed by atoms with Gasteiger partial charge in [0.2, 0.25) is 0 Å². The molecule has 83 heavy (non-hydrogen) atoms. The molecule has 7 aliphatic heterocycles. The maximum atomic E-state index is 13.5. The van der Waals surface area contributed by atoms with Gasteiger partial charge in [0.1, 0.15) is 171 Å². The number of aliphatic hydroxyl groups is 22. The van der Waals surface area contributed by atoms with E-state index in [2.05, 4.69) is 0 Å². The van der Waals surface area contributed by atoms with Crippen LogP contribution >= 0.6 is 7.82 Å². The first-order chi connectivity index (χ1) is 39.2. The lowest BCUT2D eigenvalue weighted by atomic mass is 9.95. The van der Waals surface area contributed by atoms with E-state index in [0.717, 1.165) is 7.11 Å². The molecule has 0 aromatic rings. The van der Waals surface area contributed by atoms with Gasteiger partial charge in [-0.25, -0.2) is 0 Å². The average molecular weight is 1250 g/mol. The Labute approximate surface area is 468 Å². The molecule has 40 heteroatoms. The van der Waals surface area contributed by atoms with Crippen LogP contribution in [-0.4, -0.2) is 381 Å². The fraction of sp³-hybridized carbons (Fsp3) is 1.00. The van der Waals surface area contributed by atoms with Gasteiger partial charge in [0.25, 0.3) is 7.82 Å². The Bertz CT molecular complexity index is 2020. The third-order valence-electron chi connectivity index (χ3n) is 14.9. The minimum Gasteiger partial charge on any atom is -0.756 e. The molecule has 0 amide bonds. The van der Waals surface area contributed by atoms with Crippen molar-refractivity contribution in [2.75, 3.05) is 53.4 Å². The quantitative estimate of drug-likeness (QED) is 0.0448. The maximum Gasteiger partial charge on any atom is 0.270 e. The second kappa shape index (κ2) is 29.6. The minimum absolute atomic E-state index is 0.904. The Hall–Kier alpha value is -1.29. The average Bonchev–Trinajstić information content (AvgIpc) is 3.66. The zero-order chi connectivity index (χ0) is 61.3. The summed E-state index contributed by atoms with van der Waals surface area (Å²) in [6.07, 6.45) is -71.6. The predicted molar refractivity (Wildman–Crippen MR) is 245 cm³/mol. The van der Waals surface area contributed by atoms with E-state index in [4.69, 9.17) is 70.6 Å². The predicted octanol–water partition coefficient (Wildman–Crippen LogP) is -16.1. The number of methoxy groups -OCH3 is 1. The lowest BCUT2D eigenvalue weighted by molar-refractivity contribution is -0.395. The van der Waals surface area contributed by atoms with Gasteiger partial charge in [-0.2, -0.15) is 0 Å². The summed E-state index contributed by atoms with van der Waals surface area (Å²) in [4.78, 5) is 13.5. The van der Waals surface area contributed by atoms with Crippen LogP contribution in [0.3, 0.4) is 0 Å². The van der Waals surface area contributed by atoms with Crippen LogP contribution in [0.2, 0.25) is 0 Å². The summed E-state index contributed by atoms with van der Waals surface area (Å²) in [7, 11) is -4.90. The third kappa shape index (κ3) is 14.8. The molecule has 0 aromatic heterocycles. The molecule has 0 aromatic carbocycles. The second-order valence-corrected chi connectivity index (χ2v) is 21.7. The molecule has 22 N–H and O–H groups in total. The molecule has 486 valence electrons. The molecule has 7 saturated heterocycles. The summed E-state index contributed by atoms with van der Waals surface area (Å²) in [6, 6.07) is 0.